The molecule has 1 aromatic heterocycles. The molecular weight excluding hydrogens is 259 g/mol. The van der Waals surface area contributed by atoms with E-state index in [4.69, 9.17) is 0 Å². The van der Waals surface area contributed by atoms with E-state index < -0.39 is 24.9 Å². The average Bonchev–Trinajstić information content (AvgIpc) is 2.35. The molecule has 0 aliphatic rings. The molecule has 1 rings (SSSR count). The summed E-state index contributed by atoms with van der Waals surface area (Å²) in [6.07, 6.45) is -0.810. The molecule has 0 saturated carbocycles. The molecule has 0 aromatic carbocycles. The Morgan fingerprint density at radius 3 is 2.63 bits per heavy atom. The second kappa shape index (κ2) is 6.49. The summed E-state index contributed by atoms with van der Waals surface area (Å²) in [5.74, 6) is -0.520. The number of likely N-dealkylation sites (N-methyl/N-ethyl adjacent to an activating group) is 1. The Hall–Kier alpha value is -1.66. The number of carbonyl (C=O) groups excluding carboxylic acids is 1. The zero-order valence-electron chi connectivity index (χ0n) is 10.8. The van der Waals surface area contributed by atoms with Gasteiger partial charge in [-0.1, -0.05) is 0 Å². The number of alkyl halides is 3. The van der Waals surface area contributed by atoms with E-state index >= 15 is 0 Å². The maximum Gasteiger partial charge on any atom is 0.389 e. The van der Waals surface area contributed by atoms with E-state index in [0.29, 0.717) is 12.1 Å². The standard InChI is InChI=1S/C12H16F3N3O/c1-9(7-10-8-16-5-6-17-10)18(2)11(19)3-4-12(13,14)15/h5-6,8-9H,3-4,7H2,1-2H3. The average molecular weight is 275 g/mol. The monoisotopic (exact) mass is 275 g/mol. The van der Waals surface area contributed by atoms with Crippen LogP contribution in [0.1, 0.15) is 25.5 Å². The predicted molar refractivity (Wildman–Crippen MR) is 63.3 cm³/mol. The van der Waals surface area contributed by atoms with E-state index in [0.717, 1.165) is 0 Å². The predicted octanol–water partition coefficient (Wildman–Crippen LogP) is 2.21. The van der Waals surface area contributed by atoms with E-state index in [1.807, 2.05) is 0 Å². The summed E-state index contributed by atoms with van der Waals surface area (Å²) in [6.45, 7) is 1.76. The minimum atomic E-state index is -4.30. The molecule has 1 amide bonds. The maximum atomic E-state index is 12.0. The molecule has 0 aliphatic carbocycles. The highest BCUT2D eigenvalue weighted by Crippen LogP contribution is 2.22. The van der Waals surface area contributed by atoms with Crippen molar-refractivity contribution in [1.82, 2.24) is 14.9 Å². The van der Waals surface area contributed by atoms with Crippen molar-refractivity contribution in [2.75, 3.05) is 7.05 Å². The number of hydrogen-bond acceptors (Lipinski definition) is 3. The lowest BCUT2D eigenvalue weighted by atomic mass is 10.1. The molecule has 0 spiro atoms. The van der Waals surface area contributed by atoms with Crippen molar-refractivity contribution in [2.45, 2.75) is 38.4 Å². The highest BCUT2D eigenvalue weighted by Gasteiger charge is 2.29. The van der Waals surface area contributed by atoms with Crippen molar-refractivity contribution in [1.29, 1.82) is 0 Å². The fourth-order valence-corrected chi connectivity index (χ4v) is 1.55. The largest absolute Gasteiger partial charge is 0.389 e. The van der Waals surface area contributed by atoms with Gasteiger partial charge in [0.1, 0.15) is 0 Å². The van der Waals surface area contributed by atoms with Crippen molar-refractivity contribution in [3.63, 3.8) is 0 Å². The molecule has 1 aromatic rings. The molecule has 0 aliphatic heterocycles. The van der Waals surface area contributed by atoms with Crippen LogP contribution in [0.15, 0.2) is 18.6 Å². The van der Waals surface area contributed by atoms with Crippen molar-refractivity contribution >= 4 is 5.91 Å². The van der Waals surface area contributed by atoms with Gasteiger partial charge in [-0.05, 0) is 6.92 Å². The van der Waals surface area contributed by atoms with Gasteiger partial charge in [-0.2, -0.15) is 13.2 Å². The van der Waals surface area contributed by atoms with Crippen LogP contribution in [0.2, 0.25) is 0 Å². The van der Waals surface area contributed by atoms with Gasteiger partial charge in [0.15, 0.2) is 0 Å². The van der Waals surface area contributed by atoms with Gasteiger partial charge in [-0.3, -0.25) is 14.8 Å². The third kappa shape index (κ3) is 5.67. The number of amides is 1. The molecule has 0 radical (unpaired) electrons. The quantitative estimate of drug-likeness (QED) is 0.827. The lowest BCUT2D eigenvalue weighted by Gasteiger charge is -2.25. The van der Waals surface area contributed by atoms with Gasteiger partial charge in [0.25, 0.3) is 0 Å². The third-order valence-corrected chi connectivity index (χ3v) is 2.80. The minimum Gasteiger partial charge on any atom is -0.343 e. The molecule has 1 atom stereocenters. The van der Waals surface area contributed by atoms with E-state index in [1.54, 1.807) is 13.1 Å². The zero-order chi connectivity index (χ0) is 14.5. The first-order chi connectivity index (χ1) is 8.79. The summed E-state index contributed by atoms with van der Waals surface area (Å²) in [4.78, 5) is 20.9. The van der Waals surface area contributed by atoms with Gasteiger partial charge in [0, 0.05) is 44.5 Å². The Morgan fingerprint density at radius 1 is 1.42 bits per heavy atom. The number of aromatic nitrogens is 2. The van der Waals surface area contributed by atoms with Crippen LogP contribution in [0.5, 0.6) is 0 Å². The highest BCUT2D eigenvalue weighted by atomic mass is 19.4. The lowest BCUT2D eigenvalue weighted by molar-refractivity contribution is -0.149. The van der Waals surface area contributed by atoms with Crippen LogP contribution in [0.25, 0.3) is 0 Å². The summed E-state index contributed by atoms with van der Waals surface area (Å²) in [7, 11) is 1.50. The topological polar surface area (TPSA) is 46.1 Å². The maximum absolute atomic E-state index is 12.0. The van der Waals surface area contributed by atoms with Crippen LogP contribution in [0.3, 0.4) is 0 Å². The smallest absolute Gasteiger partial charge is 0.343 e. The van der Waals surface area contributed by atoms with E-state index in [9.17, 15) is 18.0 Å². The van der Waals surface area contributed by atoms with Crippen LogP contribution >= 0.6 is 0 Å². The Bertz CT molecular complexity index is 408. The van der Waals surface area contributed by atoms with Gasteiger partial charge in [0.05, 0.1) is 12.1 Å². The Kier molecular flexibility index (Phi) is 5.26. The van der Waals surface area contributed by atoms with Gasteiger partial charge in [-0.25, -0.2) is 0 Å². The van der Waals surface area contributed by atoms with Crippen molar-refractivity contribution in [3.05, 3.63) is 24.3 Å². The van der Waals surface area contributed by atoms with E-state index in [2.05, 4.69) is 9.97 Å². The molecular formula is C12H16F3N3O. The summed E-state index contributed by atoms with van der Waals surface area (Å²) in [5, 5.41) is 0. The van der Waals surface area contributed by atoms with E-state index in [1.165, 1.54) is 24.3 Å². The number of rotatable bonds is 5. The zero-order valence-corrected chi connectivity index (χ0v) is 10.8. The number of hydrogen-bond donors (Lipinski definition) is 0. The van der Waals surface area contributed by atoms with Crippen molar-refractivity contribution in [3.8, 4) is 0 Å². The molecule has 0 N–H and O–H groups in total. The SMILES string of the molecule is CC(Cc1cnccn1)N(C)C(=O)CCC(F)(F)F. The Labute approximate surface area is 109 Å². The van der Waals surface area contributed by atoms with Crippen molar-refractivity contribution < 1.29 is 18.0 Å². The molecule has 0 bridgehead atoms. The Morgan fingerprint density at radius 2 is 2.11 bits per heavy atom. The van der Waals surface area contributed by atoms with Crippen LogP contribution in [0, 0.1) is 0 Å². The fraction of sp³-hybridized carbons (Fsp3) is 0.583. The van der Waals surface area contributed by atoms with E-state index in [-0.39, 0.29) is 6.04 Å². The fourth-order valence-electron chi connectivity index (χ4n) is 1.55. The van der Waals surface area contributed by atoms with Gasteiger partial charge >= 0.3 is 6.18 Å². The molecule has 106 valence electrons. The van der Waals surface area contributed by atoms with Gasteiger partial charge in [-0.15, -0.1) is 0 Å². The first kappa shape index (κ1) is 15.4. The minimum absolute atomic E-state index is 0.225. The molecule has 0 saturated heterocycles. The third-order valence-electron chi connectivity index (χ3n) is 2.80. The van der Waals surface area contributed by atoms with Crippen LogP contribution in [-0.4, -0.2) is 40.0 Å². The Balaban J connectivity index is 2.48. The first-order valence-electron chi connectivity index (χ1n) is 5.87. The molecule has 19 heavy (non-hydrogen) atoms. The van der Waals surface area contributed by atoms with Crippen LogP contribution in [0.4, 0.5) is 13.2 Å². The summed E-state index contributed by atoms with van der Waals surface area (Å²) >= 11 is 0. The lowest BCUT2D eigenvalue weighted by Crippen LogP contribution is -2.37. The second-order valence-corrected chi connectivity index (χ2v) is 4.37. The number of halogens is 3. The molecule has 1 unspecified atom stereocenters. The van der Waals surface area contributed by atoms with Crippen molar-refractivity contribution in [2.24, 2.45) is 0 Å². The second-order valence-electron chi connectivity index (χ2n) is 4.37. The molecule has 0 fully saturated rings. The van der Waals surface area contributed by atoms with Gasteiger partial charge in [0.2, 0.25) is 5.91 Å². The first-order valence-corrected chi connectivity index (χ1v) is 5.87. The van der Waals surface area contributed by atoms with Crippen LogP contribution < -0.4 is 0 Å². The normalized spacial score (nSPS) is 13.1. The number of carbonyl (C=O) groups is 1. The molecule has 4 nitrogen and oxygen atoms in total. The summed E-state index contributed by atoms with van der Waals surface area (Å²) < 4.78 is 36.1. The molecule has 1 heterocycles. The van der Waals surface area contributed by atoms with Crippen LogP contribution in [-0.2, 0) is 11.2 Å². The highest BCUT2D eigenvalue weighted by molar-refractivity contribution is 5.76. The number of nitrogens with zero attached hydrogens (tertiary/aromatic N) is 3. The summed E-state index contributed by atoms with van der Waals surface area (Å²) in [6, 6.07) is -0.225. The summed E-state index contributed by atoms with van der Waals surface area (Å²) in [5.41, 5.74) is 0.700. The van der Waals surface area contributed by atoms with Gasteiger partial charge < -0.3 is 4.90 Å². The molecule has 7 heteroatoms.